The minimum Gasteiger partial charge on any atom is -0.351 e. The van der Waals surface area contributed by atoms with E-state index < -0.39 is 0 Å². The molecule has 0 aromatic heterocycles. The molecule has 2 amide bonds. The third kappa shape index (κ3) is 3.98. The molecule has 1 saturated heterocycles. The molecule has 2 atom stereocenters. The third-order valence-corrected chi connectivity index (χ3v) is 5.52. The molecule has 25 heavy (non-hydrogen) atoms. The van der Waals surface area contributed by atoms with Crippen molar-refractivity contribution in [1.82, 2.24) is 15.5 Å². The van der Waals surface area contributed by atoms with Gasteiger partial charge in [0.1, 0.15) is 0 Å². The van der Waals surface area contributed by atoms with Crippen LogP contribution in [0.15, 0.2) is 24.3 Å². The Morgan fingerprint density at radius 2 is 2.12 bits per heavy atom. The van der Waals surface area contributed by atoms with E-state index >= 15 is 0 Å². The second kappa shape index (κ2) is 8.19. The number of hydrogen-bond donors (Lipinski definition) is 2. The summed E-state index contributed by atoms with van der Waals surface area (Å²) in [5, 5.41) is 6.53. The zero-order valence-corrected chi connectivity index (χ0v) is 15.8. The molecule has 1 aliphatic heterocycles. The van der Waals surface area contributed by atoms with Crippen molar-refractivity contribution in [3.63, 3.8) is 0 Å². The van der Waals surface area contributed by atoms with Gasteiger partial charge in [0, 0.05) is 32.7 Å². The van der Waals surface area contributed by atoms with Crippen LogP contribution in [-0.2, 0) is 11.3 Å². The van der Waals surface area contributed by atoms with Gasteiger partial charge >= 0.3 is 0 Å². The molecule has 0 radical (unpaired) electrons. The molecule has 0 spiro atoms. The Hall–Kier alpha value is -1.59. The summed E-state index contributed by atoms with van der Waals surface area (Å²) in [6.45, 7) is 2.23. The van der Waals surface area contributed by atoms with Gasteiger partial charge in [-0.15, -0.1) is 12.4 Å². The van der Waals surface area contributed by atoms with E-state index in [-0.39, 0.29) is 29.6 Å². The van der Waals surface area contributed by atoms with E-state index in [1.54, 1.807) is 19.0 Å². The smallest absolute Gasteiger partial charge is 0.253 e. The second-order valence-electron chi connectivity index (χ2n) is 7.31. The highest BCUT2D eigenvalue weighted by molar-refractivity contribution is 5.94. The van der Waals surface area contributed by atoms with E-state index in [0.29, 0.717) is 18.0 Å². The number of nitrogens with one attached hydrogen (secondary N) is 2. The van der Waals surface area contributed by atoms with Gasteiger partial charge in [-0.05, 0) is 43.0 Å². The van der Waals surface area contributed by atoms with Gasteiger partial charge in [0.05, 0.1) is 5.41 Å². The molecule has 3 rings (SSSR count). The largest absolute Gasteiger partial charge is 0.351 e. The number of benzene rings is 1. The summed E-state index contributed by atoms with van der Waals surface area (Å²) < 4.78 is 0. The van der Waals surface area contributed by atoms with Gasteiger partial charge in [-0.2, -0.15) is 0 Å². The van der Waals surface area contributed by atoms with E-state index in [2.05, 4.69) is 10.6 Å². The van der Waals surface area contributed by atoms with Crippen LogP contribution >= 0.6 is 12.4 Å². The summed E-state index contributed by atoms with van der Waals surface area (Å²) in [6.07, 6.45) is 4.50. The molecule has 1 aliphatic carbocycles. The molecule has 1 aromatic rings. The topological polar surface area (TPSA) is 61.4 Å². The van der Waals surface area contributed by atoms with Gasteiger partial charge < -0.3 is 15.5 Å². The Kier molecular flexibility index (Phi) is 6.47. The predicted molar refractivity (Wildman–Crippen MR) is 101 cm³/mol. The first kappa shape index (κ1) is 19.7. The number of amides is 2. The molecule has 0 unspecified atom stereocenters. The first-order valence-corrected chi connectivity index (χ1v) is 8.82. The molecule has 6 heteroatoms. The van der Waals surface area contributed by atoms with Gasteiger partial charge in [-0.1, -0.05) is 25.0 Å². The van der Waals surface area contributed by atoms with E-state index in [1.165, 1.54) is 6.42 Å². The number of nitrogens with zero attached hydrogens (tertiary/aromatic N) is 1. The number of fused-ring (bicyclic) bond motifs is 1. The van der Waals surface area contributed by atoms with Crippen molar-refractivity contribution in [2.75, 3.05) is 27.2 Å². The lowest BCUT2D eigenvalue weighted by Crippen LogP contribution is -2.47. The van der Waals surface area contributed by atoms with Crippen molar-refractivity contribution >= 4 is 24.2 Å². The summed E-state index contributed by atoms with van der Waals surface area (Å²) in [6, 6.07) is 7.50. The number of rotatable bonds is 4. The third-order valence-electron chi connectivity index (χ3n) is 5.52. The van der Waals surface area contributed by atoms with Crippen molar-refractivity contribution in [3.8, 4) is 0 Å². The summed E-state index contributed by atoms with van der Waals surface area (Å²) >= 11 is 0. The van der Waals surface area contributed by atoms with Gasteiger partial charge in [0.15, 0.2) is 0 Å². The maximum absolute atomic E-state index is 12.9. The van der Waals surface area contributed by atoms with Crippen LogP contribution in [0.5, 0.6) is 0 Å². The van der Waals surface area contributed by atoms with E-state index in [0.717, 1.165) is 37.9 Å². The first-order valence-electron chi connectivity index (χ1n) is 8.82. The van der Waals surface area contributed by atoms with Crippen LogP contribution < -0.4 is 10.6 Å². The van der Waals surface area contributed by atoms with Crippen molar-refractivity contribution in [2.45, 2.75) is 32.2 Å². The fraction of sp³-hybridized carbons (Fsp3) is 0.579. The van der Waals surface area contributed by atoms with Crippen LogP contribution in [0.1, 0.15) is 41.6 Å². The Balaban J connectivity index is 0.00000225. The summed E-state index contributed by atoms with van der Waals surface area (Å²) in [4.78, 5) is 26.5. The Morgan fingerprint density at radius 3 is 2.88 bits per heavy atom. The maximum atomic E-state index is 12.9. The normalized spacial score (nSPS) is 24.8. The number of halogens is 1. The van der Waals surface area contributed by atoms with Crippen LogP contribution in [0.4, 0.5) is 0 Å². The zero-order chi connectivity index (χ0) is 17.2. The van der Waals surface area contributed by atoms with E-state index in [4.69, 9.17) is 0 Å². The van der Waals surface area contributed by atoms with Crippen molar-refractivity contribution < 1.29 is 9.59 Å². The molecular formula is C19H28ClN3O2. The summed E-state index contributed by atoms with van der Waals surface area (Å²) in [5.41, 5.74) is 1.39. The Morgan fingerprint density at radius 1 is 1.32 bits per heavy atom. The number of carbonyl (C=O) groups excluding carboxylic acids is 2. The minimum absolute atomic E-state index is 0. The van der Waals surface area contributed by atoms with E-state index in [1.807, 2.05) is 24.3 Å². The highest BCUT2D eigenvalue weighted by Gasteiger charge is 2.49. The molecular weight excluding hydrogens is 338 g/mol. The fourth-order valence-electron chi connectivity index (χ4n) is 4.12. The van der Waals surface area contributed by atoms with Gasteiger partial charge in [-0.3, -0.25) is 9.59 Å². The van der Waals surface area contributed by atoms with Crippen molar-refractivity contribution in [1.29, 1.82) is 0 Å². The molecule has 2 fully saturated rings. The molecule has 2 aliphatic rings. The maximum Gasteiger partial charge on any atom is 0.253 e. The molecule has 1 aromatic carbocycles. The lowest BCUT2D eigenvalue weighted by molar-refractivity contribution is -0.134. The standard InChI is InChI=1S/C19H27N3O2.ClH/c1-22(2)17(23)15-7-5-6-14(10-15)11-21-18(24)19-9-4-3-8-16(19)12-20-13-19;/h5-7,10,16,20H,3-4,8-9,11-13H2,1-2H3,(H,21,24);1H/t16-,19+;/m0./s1. The van der Waals surface area contributed by atoms with Gasteiger partial charge in [0.25, 0.3) is 5.91 Å². The molecule has 1 heterocycles. The molecule has 2 N–H and O–H groups in total. The molecule has 138 valence electrons. The van der Waals surface area contributed by atoms with Crippen LogP contribution in [0.2, 0.25) is 0 Å². The highest BCUT2D eigenvalue weighted by atomic mass is 35.5. The summed E-state index contributed by atoms with van der Waals surface area (Å²) in [5.74, 6) is 0.614. The SMILES string of the molecule is CN(C)C(=O)c1cccc(CNC(=O)[C@@]23CCCC[C@H]2CNC3)c1.Cl. The molecule has 5 nitrogen and oxygen atoms in total. The second-order valence-corrected chi connectivity index (χ2v) is 7.31. The van der Waals surface area contributed by atoms with Crippen LogP contribution in [-0.4, -0.2) is 43.9 Å². The van der Waals surface area contributed by atoms with Crippen molar-refractivity contribution in [2.24, 2.45) is 11.3 Å². The molecule has 1 saturated carbocycles. The fourth-order valence-corrected chi connectivity index (χ4v) is 4.12. The van der Waals surface area contributed by atoms with Crippen LogP contribution in [0.3, 0.4) is 0 Å². The quantitative estimate of drug-likeness (QED) is 0.860. The number of hydrogen-bond acceptors (Lipinski definition) is 3. The lowest BCUT2D eigenvalue weighted by atomic mass is 9.67. The van der Waals surface area contributed by atoms with Crippen molar-refractivity contribution in [3.05, 3.63) is 35.4 Å². The average Bonchev–Trinajstić information content (AvgIpc) is 3.04. The highest BCUT2D eigenvalue weighted by Crippen LogP contribution is 2.43. The monoisotopic (exact) mass is 365 g/mol. The predicted octanol–water partition coefficient (Wildman–Crippen LogP) is 2.21. The first-order chi connectivity index (χ1) is 11.5. The number of carbonyl (C=O) groups is 2. The zero-order valence-electron chi connectivity index (χ0n) is 15.0. The minimum atomic E-state index is -0.227. The van der Waals surface area contributed by atoms with Gasteiger partial charge in [0.2, 0.25) is 5.91 Å². The Labute approximate surface area is 155 Å². The van der Waals surface area contributed by atoms with Crippen LogP contribution in [0.25, 0.3) is 0 Å². The van der Waals surface area contributed by atoms with E-state index in [9.17, 15) is 9.59 Å². The molecule has 0 bridgehead atoms. The van der Waals surface area contributed by atoms with Crippen LogP contribution in [0, 0.1) is 11.3 Å². The average molecular weight is 366 g/mol. The lowest BCUT2D eigenvalue weighted by Gasteiger charge is -2.37. The van der Waals surface area contributed by atoms with Gasteiger partial charge in [-0.25, -0.2) is 0 Å². The Bertz CT molecular complexity index is 635. The summed E-state index contributed by atoms with van der Waals surface area (Å²) in [7, 11) is 3.48.